The highest BCUT2D eigenvalue weighted by Crippen LogP contribution is 2.37. The van der Waals surface area contributed by atoms with Crippen LogP contribution in [-0.4, -0.2) is 32.3 Å². The van der Waals surface area contributed by atoms with Crippen molar-refractivity contribution < 1.29 is 4.79 Å². The van der Waals surface area contributed by atoms with Crippen molar-refractivity contribution in [2.45, 2.75) is 39.2 Å². The topological polar surface area (TPSA) is 59.0 Å². The summed E-state index contributed by atoms with van der Waals surface area (Å²) in [5.74, 6) is 0.732. The number of nitrogens with zero attached hydrogens (tertiary/aromatic N) is 4. The molecule has 3 heterocycles. The molecule has 1 aliphatic rings. The first-order valence-corrected chi connectivity index (χ1v) is 7.55. The average molecular weight is 296 g/mol. The first-order valence-electron chi connectivity index (χ1n) is 7.55. The standard InChI is InChI=1S/C17H20N4O/c1-12-10-13(2)20-16(19-12)17(3)7-5-9-21(17)15(22)14-6-4-8-18-11-14/h4,6,8,10-11H,5,7,9H2,1-3H3/t17-/m1/s1. The molecule has 2 aromatic rings. The van der Waals surface area contributed by atoms with Gasteiger partial charge < -0.3 is 4.90 Å². The van der Waals surface area contributed by atoms with Crippen LogP contribution in [0.3, 0.4) is 0 Å². The fourth-order valence-electron chi connectivity index (χ4n) is 3.13. The van der Waals surface area contributed by atoms with Crippen LogP contribution >= 0.6 is 0 Å². The average Bonchev–Trinajstić information content (AvgIpc) is 2.90. The van der Waals surface area contributed by atoms with E-state index in [4.69, 9.17) is 0 Å². The Labute approximate surface area is 130 Å². The van der Waals surface area contributed by atoms with Gasteiger partial charge in [0.05, 0.1) is 5.56 Å². The summed E-state index contributed by atoms with van der Waals surface area (Å²) in [6.45, 7) is 6.70. The zero-order valence-electron chi connectivity index (χ0n) is 13.2. The second-order valence-corrected chi connectivity index (χ2v) is 6.05. The highest BCUT2D eigenvalue weighted by Gasteiger charge is 2.43. The zero-order chi connectivity index (χ0) is 15.7. The number of likely N-dealkylation sites (tertiary alicyclic amines) is 1. The number of pyridine rings is 1. The minimum Gasteiger partial charge on any atom is -0.326 e. The molecule has 1 saturated heterocycles. The van der Waals surface area contributed by atoms with E-state index in [9.17, 15) is 4.79 Å². The lowest BCUT2D eigenvalue weighted by Gasteiger charge is -2.34. The quantitative estimate of drug-likeness (QED) is 0.855. The van der Waals surface area contributed by atoms with Crippen molar-refractivity contribution in [2.24, 2.45) is 0 Å². The maximum atomic E-state index is 12.8. The second kappa shape index (κ2) is 5.48. The third-order valence-electron chi connectivity index (χ3n) is 4.26. The Hall–Kier alpha value is -2.30. The van der Waals surface area contributed by atoms with Crippen LogP contribution < -0.4 is 0 Å². The van der Waals surface area contributed by atoms with Gasteiger partial charge in [0, 0.05) is 30.3 Å². The molecule has 0 aliphatic carbocycles. The molecule has 0 saturated carbocycles. The number of hydrogen-bond donors (Lipinski definition) is 0. The molecular formula is C17H20N4O. The number of amides is 1. The molecule has 0 bridgehead atoms. The van der Waals surface area contributed by atoms with Gasteiger partial charge in [0.25, 0.3) is 5.91 Å². The second-order valence-electron chi connectivity index (χ2n) is 6.05. The van der Waals surface area contributed by atoms with Crippen molar-refractivity contribution in [3.05, 3.63) is 53.4 Å². The molecule has 2 aromatic heterocycles. The van der Waals surface area contributed by atoms with E-state index in [1.165, 1.54) is 0 Å². The van der Waals surface area contributed by atoms with Crippen LogP contribution in [0.5, 0.6) is 0 Å². The number of rotatable bonds is 2. The Morgan fingerprint density at radius 1 is 1.27 bits per heavy atom. The number of hydrogen-bond acceptors (Lipinski definition) is 4. The molecule has 1 atom stereocenters. The predicted octanol–water partition coefficient (Wildman–Crippen LogP) is 2.64. The molecule has 22 heavy (non-hydrogen) atoms. The van der Waals surface area contributed by atoms with Gasteiger partial charge in [0.2, 0.25) is 0 Å². The van der Waals surface area contributed by atoms with Crippen molar-refractivity contribution in [2.75, 3.05) is 6.54 Å². The SMILES string of the molecule is Cc1cc(C)nc([C@@]2(C)CCCN2C(=O)c2cccnc2)n1. The lowest BCUT2D eigenvalue weighted by atomic mass is 9.96. The van der Waals surface area contributed by atoms with Crippen LogP contribution in [0.1, 0.15) is 47.3 Å². The predicted molar refractivity (Wildman–Crippen MR) is 83.4 cm³/mol. The summed E-state index contributed by atoms with van der Waals surface area (Å²) in [5.41, 5.74) is 2.03. The summed E-state index contributed by atoms with van der Waals surface area (Å²) in [6.07, 6.45) is 5.12. The van der Waals surface area contributed by atoms with Gasteiger partial charge in [-0.3, -0.25) is 9.78 Å². The normalized spacial score (nSPS) is 21.1. The monoisotopic (exact) mass is 296 g/mol. The molecule has 0 spiro atoms. The first kappa shape index (κ1) is 14.6. The van der Waals surface area contributed by atoms with Crippen molar-refractivity contribution >= 4 is 5.91 Å². The van der Waals surface area contributed by atoms with Gasteiger partial charge in [0.15, 0.2) is 5.82 Å². The summed E-state index contributed by atoms with van der Waals surface area (Å²) < 4.78 is 0. The van der Waals surface area contributed by atoms with Gasteiger partial charge in [0.1, 0.15) is 5.54 Å². The fourth-order valence-corrected chi connectivity index (χ4v) is 3.13. The number of aromatic nitrogens is 3. The Bertz CT molecular complexity index is 681. The molecule has 0 radical (unpaired) electrons. The van der Waals surface area contributed by atoms with Gasteiger partial charge in [-0.15, -0.1) is 0 Å². The zero-order valence-corrected chi connectivity index (χ0v) is 13.2. The van der Waals surface area contributed by atoms with Gasteiger partial charge in [-0.1, -0.05) is 0 Å². The van der Waals surface area contributed by atoms with E-state index in [0.29, 0.717) is 5.56 Å². The van der Waals surface area contributed by atoms with E-state index in [2.05, 4.69) is 21.9 Å². The number of carbonyl (C=O) groups is 1. The van der Waals surface area contributed by atoms with Crippen molar-refractivity contribution in [3.63, 3.8) is 0 Å². The Balaban J connectivity index is 2.00. The minimum atomic E-state index is -0.455. The molecule has 1 aliphatic heterocycles. The summed E-state index contributed by atoms with van der Waals surface area (Å²) in [4.78, 5) is 28.0. The van der Waals surface area contributed by atoms with Gasteiger partial charge >= 0.3 is 0 Å². The number of carbonyl (C=O) groups excluding carboxylic acids is 1. The van der Waals surface area contributed by atoms with Gasteiger partial charge in [-0.2, -0.15) is 0 Å². The van der Waals surface area contributed by atoms with E-state index in [-0.39, 0.29) is 5.91 Å². The van der Waals surface area contributed by atoms with Crippen LogP contribution in [0, 0.1) is 13.8 Å². The lowest BCUT2D eigenvalue weighted by Crippen LogP contribution is -2.44. The van der Waals surface area contributed by atoms with Crippen LogP contribution in [0.25, 0.3) is 0 Å². The van der Waals surface area contributed by atoms with Crippen LogP contribution in [-0.2, 0) is 5.54 Å². The lowest BCUT2D eigenvalue weighted by molar-refractivity contribution is 0.0603. The number of aryl methyl sites for hydroxylation is 2. The molecule has 3 rings (SSSR count). The van der Waals surface area contributed by atoms with Crippen molar-refractivity contribution in [3.8, 4) is 0 Å². The van der Waals surface area contributed by atoms with Crippen molar-refractivity contribution in [1.82, 2.24) is 19.9 Å². The fraction of sp³-hybridized carbons (Fsp3) is 0.412. The Morgan fingerprint density at radius 3 is 2.64 bits per heavy atom. The van der Waals surface area contributed by atoms with Gasteiger partial charge in [-0.25, -0.2) is 9.97 Å². The summed E-state index contributed by atoms with van der Waals surface area (Å²) in [7, 11) is 0. The van der Waals surface area contributed by atoms with Crippen LogP contribution in [0.2, 0.25) is 0 Å². The molecule has 5 nitrogen and oxygen atoms in total. The highest BCUT2D eigenvalue weighted by atomic mass is 16.2. The van der Waals surface area contributed by atoms with E-state index < -0.39 is 5.54 Å². The van der Waals surface area contributed by atoms with Gasteiger partial charge in [-0.05, 0) is 51.8 Å². The molecule has 0 aromatic carbocycles. The summed E-state index contributed by atoms with van der Waals surface area (Å²) in [6, 6.07) is 5.54. The smallest absolute Gasteiger partial charge is 0.256 e. The summed E-state index contributed by atoms with van der Waals surface area (Å²) in [5, 5.41) is 0. The third kappa shape index (κ3) is 2.47. The van der Waals surface area contributed by atoms with E-state index >= 15 is 0 Å². The van der Waals surface area contributed by atoms with E-state index in [0.717, 1.165) is 36.6 Å². The largest absolute Gasteiger partial charge is 0.326 e. The Morgan fingerprint density at radius 2 is 2.00 bits per heavy atom. The molecular weight excluding hydrogens is 276 g/mol. The molecule has 1 fully saturated rings. The molecule has 114 valence electrons. The molecule has 0 N–H and O–H groups in total. The van der Waals surface area contributed by atoms with E-state index in [1.807, 2.05) is 24.8 Å². The first-order chi connectivity index (χ1) is 10.5. The summed E-state index contributed by atoms with van der Waals surface area (Å²) >= 11 is 0. The van der Waals surface area contributed by atoms with Crippen LogP contribution in [0.4, 0.5) is 0 Å². The van der Waals surface area contributed by atoms with Crippen molar-refractivity contribution in [1.29, 1.82) is 0 Å². The highest BCUT2D eigenvalue weighted by molar-refractivity contribution is 5.94. The van der Waals surface area contributed by atoms with E-state index in [1.54, 1.807) is 24.5 Å². The maximum Gasteiger partial charge on any atom is 0.256 e. The maximum absolute atomic E-state index is 12.8. The molecule has 1 amide bonds. The Kier molecular flexibility index (Phi) is 3.64. The molecule has 0 unspecified atom stereocenters. The molecule has 5 heteroatoms. The van der Waals surface area contributed by atoms with Crippen LogP contribution in [0.15, 0.2) is 30.6 Å². The third-order valence-corrected chi connectivity index (χ3v) is 4.26. The minimum absolute atomic E-state index is 0.00383.